The van der Waals surface area contributed by atoms with E-state index in [2.05, 4.69) is 9.72 Å². The van der Waals surface area contributed by atoms with Crippen molar-refractivity contribution in [3.05, 3.63) is 59.3 Å². The quantitative estimate of drug-likeness (QED) is 0.615. The highest BCUT2D eigenvalue weighted by Gasteiger charge is 2.63. The van der Waals surface area contributed by atoms with E-state index in [9.17, 15) is 22.8 Å². The van der Waals surface area contributed by atoms with Crippen molar-refractivity contribution in [2.24, 2.45) is 0 Å². The molecule has 2 rings (SSSR count). The van der Waals surface area contributed by atoms with Crippen molar-refractivity contribution in [2.75, 3.05) is 12.4 Å². The molecule has 0 fully saturated rings. The van der Waals surface area contributed by atoms with E-state index >= 15 is 0 Å². The van der Waals surface area contributed by atoms with Gasteiger partial charge >= 0.3 is 17.8 Å². The first kappa shape index (κ1) is 20.2. The van der Waals surface area contributed by atoms with Crippen LogP contribution in [0.4, 0.5) is 19.0 Å². The van der Waals surface area contributed by atoms with E-state index in [0.29, 0.717) is 11.1 Å². The Morgan fingerprint density at radius 1 is 1.07 bits per heavy atom. The molecule has 1 amide bonds. The van der Waals surface area contributed by atoms with Crippen LogP contribution in [0.15, 0.2) is 42.6 Å². The van der Waals surface area contributed by atoms with Gasteiger partial charge in [-0.15, -0.1) is 0 Å². The van der Waals surface area contributed by atoms with Crippen LogP contribution in [-0.2, 0) is 9.53 Å². The minimum absolute atomic E-state index is 0.0359. The van der Waals surface area contributed by atoms with Gasteiger partial charge in [0.2, 0.25) is 0 Å². The number of hydrogen-bond acceptors (Lipinski definition) is 5. The van der Waals surface area contributed by atoms with E-state index in [1.54, 1.807) is 25.2 Å². The molecule has 27 heavy (non-hydrogen) atoms. The summed E-state index contributed by atoms with van der Waals surface area (Å²) in [5.41, 5.74) is -2.16. The molecule has 1 atom stereocenters. The highest BCUT2D eigenvalue weighted by molar-refractivity contribution is 5.99. The van der Waals surface area contributed by atoms with Gasteiger partial charge < -0.3 is 15.4 Å². The van der Waals surface area contributed by atoms with E-state index in [0.717, 1.165) is 7.11 Å². The zero-order valence-corrected chi connectivity index (χ0v) is 14.8. The number of carbonyl (C=O) groups excluding carboxylic acids is 2. The molecule has 0 saturated heterocycles. The monoisotopic (exact) mass is 381 g/mol. The number of pyridine rings is 1. The Morgan fingerprint density at radius 3 is 2.30 bits per heavy atom. The molecule has 0 unspecified atom stereocenters. The van der Waals surface area contributed by atoms with E-state index < -0.39 is 23.7 Å². The number of benzene rings is 1. The zero-order chi connectivity index (χ0) is 20.2. The number of rotatable bonds is 5. The van der Waals surface area contributed by atoms with Crippen molar-refractivity contribution in [3.63, 3.8) is 0 Å². The lowest BCUT2D eigenvalue weighted by Gasteiger charge is -2.34. The number of halogens is 3. The maximum absolute atomic E-state index is 13.9. The summed E-state index contributed by atoms with van der Waals surface area (Å²) in [6, 6.07) is 8.71. The van der Waals surface area contributed by atoms with E-state index in [4.69, 9.17) is 0 Å². The largest absolute Gasteiger partial charge is 0.466 e. The normalized spacial score (nSPS) is 13.4. The Hall–Kier alpha value is -3.10. The average molecular weight is 381 g/mol. The first-order chi connectivity index (χ1) is 12.6. The molecule has 1 heterocycles. The second kappa shape index (κ2) is 7.65. The molecule has 6 nitrogen and oxygen atoms in total. The number of carbonyl (C=O) groups is 2. The van der Waals surface area contributed by atoms with Gasteiger partial charge in [0, 0.05) is 11.8 Å². The molecule has 0 aliphatic rings. The van der Waals surface area contributed by atoms with Gasteiger partial charge in [-0.3, -0.25) is 4.79 Å². The van der Waals surface area contributed by atoms with Crippen LogP contribution in [-0.4, -0.2) is 35.8 Å². The van der Waals surface area contributed by atoms with Gasteiger partial charge in [0.05, 0.1) is 7.11 Å². The topological polar surface area (TPSA) is 80.3 Å². The Labute approximate surface area is 153 Å². The molecule has 0 bridgehead atoms. The predicted molar refractivity (Wildman–Crippen MR) is 92.0 cm³/mol. The summed E-state index contributed by atoms with van der Waals surface area (Å²) in [6.45, 7) is 3.39. The number of alkyl halides is 3. The molecule has 144 valence electrons. The molecule has 0 saturated carbocycles. The Balaban J connectivity index is 2.48. The van der Waals surface area contributed by atoms with Gasteiger partial charge in [0.1, 0.15) is 5.82 Å². The third kappa shape index (κ3) is 4.36. The lowest BCUT2D eigenvalue weighted by atomic mass is 10.1. The summed E-state index contributed by atoms with van der Waals surface area (Å²) in [4.78, 5) is 28.4. The van der Waals surface area contributed by atoms with Crippen LogP contribution in [0.2, 0.25) is 0 Å². The number of hydrogen-bond donors (Lipinski definition) is 2. The van der Waals surface area contributed by atoms with Gasteiger partial charge in [0.15, 0.2) is 0 Å². The average Bonchev–Trinajstić information content (AvgIpc) is 2.61. The summed E-state index contributed by atoms with van der Waals surface area (Å²) in [7, 11) is 0.798. The Kier molecular flexibility index (Phi) is 5.72. The smallest absolute Gasteiger partial charge is 0.441 e. The number of nitrogens with zero attached hydrogens (tertiary/aromatic N) is 1. The number of aromatic nitrogens is 1. The van der Waals surface area contributed by atoms with Crippen molar-refractivity contribution < 1.29 is 27.5 Å². The lowest BCUT2D eigenvalue weighted by molar-refractivity contribution is -0.203. The standard InChI is InChI=1S/C18H18F3N3O3/c1-11-5-4-6-13(9-11)15(25)24-17(16(26)27-3,18(19,20)21)23-14-8-7-12(2)10-22-14/h4-10H,1-3H3,(H,22,23)(H,24,25)/t17-/m1/s1. The van der Waals surface area contributed by atoms with Crippen LogP contribution in [0.5, 0.6) is 0 Å². The molecule has 9 heteroatoms. The summed E-state index contributed by atoms with van der Waals surface area (Å²) < 4.78 is 46.1. The highest BCUT2D eigenvalue weighted by atomic mass is 19.4. The number of anilines is 1. The molecule has 0 aliphatic heterocycles. The molecule has 2 aromatic rings. The van der Waals surface area contributed by atoms with Gasteiger partial charge in [-0.2, -0.15) is 13.2 Å². The van der Waals surface area contributed by atoms with Crippen molar-refractivity contribution in [3.8, 4) is 0 Å². The number of aryl methyl sites for hydroxylation is 2. The molecular formula is C18H18F3N3O3. The molecule has 0 spiro atoms. The van der Waals surface area contributed by atoms with Gasteiger partial charge in [-0.05, 0) is 37.6 Å². The van der Waals surface area contributed by atoms with Crippen LogP contribution in [0.25, 0.3) is 0 Å². The third-order valence-electron chi connectivity index (χ3n) is 3.73. The maximum atomic E-state index is 13.9. The second-order valence-corrected chi connectivity index (χ2v) is 5.91. The van der Waals surface area contributed by atoms with E-state index in [-0.39, 0.29) is 11.4 Å². The number of ether oxygens (including phenoxy) is 1. The molecule has 0 radical (unpaired) electrons. The lowest BCUT2D eigenvalue weighted by Crippen LogP contribution is -2.69. The first-order valence-electron chi connectivity index (χ1n) is 7.84. The molecule has 1 aromatic heterocycles. The number of esters is 1. The number of amides is 1. The predicted octanol–water partition coefficient (Wildman–Crippen LogP) is 2.97. The summed E-state index contributed by atoms with van der Waals surface area (Å²) in [6.07, 6.45) is -3.89. The van der Waals surface area contributed by atoms with Crippen molar-refractivity contribution in [2.45, 2.75) is 25.7 Å². The molecular weight excluding hydrogens is 363 g/mol. The van der Waals surface area contributed by atoms with Crippen LogP contribution in [0, 0.1) is 13.8 Å². The summed E-state index contributed by atoms with van der Waals surface area (Å²) >= 11 is 0. The molecule has 1 aromatic carbocycles. The van der Waals surface area contributed by atoms with E-state index in [1.165, 1.54) is 36.5 Å². The fourth-order valence-electron chi connectivity index (χ4n) is 2.31. The fourth-order valence-corrected chi connectivity index (χ4v) is 2.31. The Morgan fingerprint density at radius 2 is 1.78 bits per heavy atom. The highest BCUT2D eigenvalue weighted by Crippen LogP contribution is 2.33. The second-order valence-electron chi connectivity index (χ2n) is 5.91. The van der Waals surface area contributed by atoms with Crippen LogP contribution >= 0.6 is 0 Å². The van der Waals surface area contributed by atoms with Crippen molar-refractivity contribution >= 4 is 17.7 Å². The number of methoxy groups -OCH3 is 1. The van der Waals surface area contributed by atoms with Crippen LogP contribution in [0.1, 0.15) is 21.5 Å². The van der Waals surface area contributed by atoms with Crippen molar-refractivity contribution in [1.29, 1.82) is 0 Å². The van der Waals surface area contributed by atoms with Crippen LogP contribution in [0.3, 0.4) is 0 Å². The first-order valence-corrected chi connectivity index (χ1v) is 7.84. The van der Waals surface area contributed by atoms with Gasteiger partial charge in [0.25, 0.3) is 5.91 Å². The minimum atomic E-state index is -5.22. The Bertz CT molecular complexity index is 838. The maximum Gasteiger partial charge on any atom is 0.441 e. The SMILES string of the molecule is COC(=O)[C@](NC(=O)c1cccc(C)c1)(Nc1ccc(C)cn1)C(F)(F)F. The minimum Gasteiger partial charge on any atom is -0.466 e. The van der Waals surface area contributed by atoms with Gasteiger partial charge in [-0.25, -0.2) is 9.78 Å². The van der Waals surface area contributed by atoms with Gasteiger partial charge in [-0.1, -0.05) is 23.8 Å². The van der Waals surface area contributed by atoms with E-state index in [1.807, 2.05) is 5.32 Å². The van der Waals surface area contributed by atoms with Crippen molar-refractivity contribution in [1.82, 2.24) is 10.3 Å². The molecule has 0 aliphatic carbocycles. The molecule has 2 N–H and O–H groups in total. The summed E-state index contributed by atoms with van der Waals surface area (Å²) in [5, 5.41) is 3.72. The third-order valence-corrected chi connectivity index (χ3v) is 3.73. The summed E-state index contributed by atoms with van der Waals surface area (Å²) in [5.74, 6) is -3.08. The van der Waals surface area contributed by atoms with Crippen LogP contribution < -0.4 is 10.6 Å². The fraction of sp³-hybridized carbons (Fsp3) is 0.278. The number of nitrogens with one attached hydrogen (secondary N) is 2. The zero-order valence-electron chi connectivity index (χ0n) is 14.8.